The monoisotopic (exact) mass is 335 g/mol. The third-order valence-electron chi connectivity index (χ3n) is 4.23. The van der Waals surface area contributed by atoms with Crippen LogP contribution in [0.5, 0.6) is 5.75 Å². The van der Waals surface area contributed by atoms with Crippen LogP contribution in [0.1, 0.15) is 21.9 Å². The summed E-state index contributed by atoms with van der Waals surface area (Å²) in [4.78, 5) is 15.0. The maximum atomic E-state index is 11.6. The standard InChI is InChI=1S/C20H17NO4/c1-12-17(20(22)23-2)9-14(25-12)11-24-13-7-8-16-15-5-3-4-6-18(15)21-19(16)10-13/h3-10,21H,11H2,1-2H3. The van der Waals surface area contributed by atoms with Crippen LogP contribution in [0.3, 0.4) is 0 Å². The molecular formula is C20H17NO4. The predicted octanol–water partition coefficient (Wildman–Crippen LogP) is 4.59. The van der Waals surface area contributed by atoms with Gasteiger partial charge in [-0.15, -0.1) is 0 Å². The predicted molar refractivity (Wildman–Crippen MR) is 94.9 cm³/mol. The van der Waals surface area contributed by atoms with Gasteiger partial charge in [-0.05, 0) is 31.2 Å². The van der Waals surface area contributed by atoms with E-state index >= 15 is 0 Å². The molecule has 1 N–H and O–H groups in total. The minimum atomic E-state index is -0.410. The minimum absolute atomic E-state index is 0.240. The van der Waals surface area contributed by atoms with Crippen LogP contribution in [0.25, 0.3) is 21.8 Å². The number of hydrogen-bond donors (Lipinski definition) is 1. The van der Waals surface area contributed by atoms with Gasteiger partial charge in [-0.3, -0.25) is 0 Å². The molecule has 0 aliphatic rings. The maximum absolute atomic E-state index is 11.6. The molecule has 0 unspecified atom stereocenters. The van der Waals surface area contributed by atoms with E-state index in [0.29, 0.717) is 17.1 Å². The highest BCUT2D eigenvalue weighted by molar-refractivity contribution is 6.07. The number of aryl methyl sites for hydroxylation is 1. The summed E-state index contributed by atoms with van der Waals surface area (Å²) >= 11 is 0. The molecule has 2 heterocycles. The number of fused-ring (bicyclic) bond motifs is 3. The lowest BCUT2D eigenvalue weighted by Gasteiger charge is -2.04. The van der Waals surface area contributed by atoms with E-state index in [4.69, 9.17) is 13.9 Å². The Morgan fingerprint density at radius 1 is 1.08 bits per heavy atom. The van der Waals surface area contributed by atoms with Crippen molar-refractivity contribution in [3.63, 3.8) is 0 Å². The van der Waals surface area contributed by atoms with Crippen LogP contribution in [0, 0.1) is 6.92 Å². The van der Waals surface area contributed by atoms with E-state index < -0.39 is 5.97 Å². The van der Waals surface area contributed by atoms with Crippen molar-refractivity contribution in [3.8, 4) is 5.75 Å². The number of para-hydroxylation sites is 1. The number of carbonyl (C=O) groups is 1. The molecular weight excluding hydrogens is 318 g/mol. The number of furan rings is 1. The first-order chi connectivity index (χ1) is 12.2. The molecule has 0 amide bonds. The van der Waals surface area contributed by atoms with E-state index in [2.05, 4.69) is 17.1 Å². The number of esters is 1. The van der Waals surface area contributed by atoms with Gasteiger partial charge in [0.05, 0.1) is 12.6 Å². The van der Waals surface area contributed by atoms with Crippen molar-refractivity contribution in [2.75, 3.05) is 7.11 Å². The van der Waals surface area contributed by atoms with Crippen LogP contribution in [-0.2, 0) is 11.3 Å². The van der Waals surface area contributed by atoms with Crippen molar-refractivity contribution in [2.24, 2.45) is 0 Å². The molecule has 25 heavy (non-hydrogen) atoms. The topological polar surface area (TPSA) is 64.5 Å². The molecule has 0 radical (unpaired) electrons. The Bertz CT molecular complexity index is 1070. The number of rotatable bonds is 4. The number of H-pyrrole nitrogens is 1. The maximum Gasteiger partial charge on any atom is 0.341 e. The summed E-state index contributed by atoms with van der Waals surface area (Å²) < 4.78 is 16.1. The van der Waals surface area contributed by atoms with Crippen molar-refractivity contribution >= 4 is 27.8 Å². The van der Waals surface area contributed by atoms with Gasteiger partial charge in [0.2, 0.25) is 0 Å². The fourth-order valence-corrected chi connectivity index (χ4v) is 3.01. The van der Waals surface area contributed by atoms with Gasteiger partial charge in [0.15, 0.2) is 0 Å². The number of ether oxygens (including phenoxy) is 2. The van der Waals surface area contributed by atoms with Crippen LogP contribution >= 0.6 is 0 Å². The van der Waals surface area contributed by atoms with Gasteiger partial charge < -0.3 is 18.9 Å². The van der Waals surface area contributed by atoms with Gasteiger partial charge in [-0.25, -0.2) is 4.79 Å². The summed E-state index contributed by atoms with van der Waals surface area (Å²) in [5.41, 5.74) is 2.54. The highest BCUT2D eigenvalue weighted by atomic mass is 16.5. The zero-order chi connectivity index (χ0) is 17.4. The largest absolute Gasteiger partial charge is 0.486 e. The molecule has 0 aliphatic heterocycles. The molecule has 4 aromatic rings. The number of hydrogen-bond acceptors (Lipinski definition) is 4. The smallest absolute Gasteiger partial charge is 0.341 e. The van der Waals surface area contributed by atoms with E-state index in [0.717, 1.165) is 22.2 Å². The molecule has 0 saturated carbocycles. The normalized spacial score (nSPS) is 11.1. The van der Waals surface area contributed by atoms with E-state index in [1.165, 1.54) is 12.5 Å². The van der Waals surface area contributed by atoms with E-state index in [1.54, 1.807) is 13.0 Å². The molecule has 5 heteroatoms. The first-order valence-corrected chi connectivity index (χ1v) is 7.96. The van der Waals surface area contributed by atoms with Crippen LogP contribution in [0.4, 0.5) is 0 Å². The number of nitrogens with one attached hydrogen (secondary N) is 1. The van der Waals surface area contributed by atoms with Crippen LogP contribution in [-0.4, -0.2) is 18.1 Å². The zero-order valence-corrected chi connectivity index (χ0v) is 14.0. The van der Waals surface area contributed by atoms with Gasteiger partial charge >= 0.3 is 5.97 Å². The summed E-state index contributed by atoms with van der Waals surface area (Å²) in [7, 11) is 1.35. The summed E-state index contributed by atoms with van der Waals surface area (Å²) in [5.74, 6) is 1.42. The second-order valence-electron chi connectivity index (χ2n) is 5.84. The summed E-state index contributed by atoms with van der Waals surface area (Å²) in [5, 5.41) is 2.35. The Balaban J connectivity index is 1.57. The molecule has 126 valence electrons. The summed E-state index contributed by atoms with van der Waals surface area (Å²) in [6.45, 7) is 1.97. The first-order valence-electron chi connectivity index (χ1n) is 7.96. The Morgan fingerprint density at radius 2 is 1.88 bits per heavy atom. The van der Waals surface area contributed by atoms with Gasteiger partial charge in [-0.2, -0.15) is 0 Å². The Hall–Kier alpha value is -3.21. The van der Waals surface area contributed by atoms with Crippen LogP contribution in [0.15, 0.2) is 52.9 Å². The van der Waals surface area contributed by atoms with E-state index in [-0.39, 0.29) is 6.61 Å². The average Bonchev–Trinajstić information content (AvgIpc) is 3.19. The molecule has 0 fully saturated rings. The average molecular weight is 335 g/mol. The molecule has 4 rings (SSSR count). The van der Waals surface area contributed by atoms with Crippen LogP contribution < -0.4 is 4.74 Å². The number of benzene rings is 2. The van der Waals surface area contributed by atoms with Gasteiger partial charge in [0.25, 0.3) is 0 Å². The molecule has 0 saturated heterocycles. The highest BCUT2D eigenvalue weighted by Crippen LogP contribution is 2.28. The number of aromatic nitrogens is 1. The third-order valence-corrected chi connectivity index (χ3v) is 4.23. The summed E-state index contributed by atoms with van der Waals surface area (Å²) in [6.07, 6.45) is 0. The van der Waals surface area contributed by atoms with Crippen molar-refractivity contribution in [3.05, 3.63) is 65.6 Å². The second-order valence-corrected chi connectivity index (χ2v) is 5.84. The SMILES string of the molecule is COC(=O)c1cc(COc2ccc3c(c2)[nH]c2ccccc23)oc1C. The fourth-order valence-electron chi connectivity index (χ4n) is 3.01. The molecule has 0 bridgehead atoms. The Labute approximate surface area is 144 Å². The Kier molecular flexibility index (Phi) is 3.69. The van der Waals surface area contributed by atoms with Gasteiger partial charge in [0, 0.05) is 22.4 Å². The van der Waals surface area contributed by atoms with Crippen molar-refractivity contribution in [1.29, 1.82) is 0 Å². The molecule has 2 aromatic carbocycles. The number of aromatic amines is 1. The van der Waals surface area contributed by atoms with E-state index in [1.807, 2.05) is 30.3 Å². The lowest BCUT2D eigenvalue weighted by Crippen LogP contribution is -2.00. The zero-order valence-electron chi connectivity index (χ0n) is 14.0. The quantitative estimate of drug-likeness (QED) is 0.554. The van der Waals surface area contributed by atoms with Gasteiger partial charge in [-0.1, -0.05) is 18.2 Å². The molecule has 2 aromatic heterocycles. The third kappa shape index (κ3) is 2.74. The van der Waals surface area contributed by atoms with E-state index in [9.17, 15) is 4.79 Å². The molecule has 0 aliphatic carbocycles. The molecule has 0 spiro atoms. The lowest BCUT2D eigenvalue weighted by atomic mass is 10.1. The van der Waals surface area contributed by atoms with Crippen LogP contribution in [0.2, 0.25) is 0 Å². The number of methoxy groups -OCH3 is 1. The minimum Gasteiger partial charge on any atom is -0.486 e. The van der Waals surface area contributed by atoms with Crippen molar-refractivity contribution < 1.29 is 18.7 Å². The van der Waals surface area contributed by atoms with Crippen molar-refractivity contribution in [2.45, 2.75) is 13.5 Å². The highest BCUT2D eigenvalue weighted by Gasteiger charge is 2.15. The second kappa shape index (κ2) is 6.02. The molecule has 0 atom stereocenters. The Morgan fingerprint density at radius 3 is 2.72 bits per heavy atom. The number of carbonyl (C=O) groups excluding carboxylic acids is 1. The van der Waals surface area contributed by atoms with Crippen molar-refractivity contribution in [1.82, 2.24) is 4.98 Å². The summed E-state index contributed by atoms with van der Waals surface area (Å²) in [6, 6.07) is 15.8. The lowest BCUT2D eigenvalue weighted by molar-refractivity contribution is 0.0599. The van der Waals surface area contributed by atoms with Gasteiger partial charge in [0.1, 0.15) is 29.4 Å². The molecule has 5 nitrogen and oxygen atoms in total. The first kappa shape index (κ1) is 15.3. The fraction of sp³-hybridized carbons (Fsp3) is 0.150.